The zero-order valence-electron chi connectivity index (χ0n) is 18.7. The van der Waals surface area contributed by atoms with Gasteiger partial charge in [-0.15, -0.1) is 0 Å². The lowest BCUT2D eigenvalue weighted by Crippen LogP contribution is -2.44. The molecule has 1 fully saturated rings. The number of hydrogen-bond donors (Lipinski definition) is 1. The van der Waals surface area contributed by atoms with Crippen molar-refractivity contribution in [2.24, 2.45) is 5.41 Å². The fourth-order valence-corrected chi connectivity index (χ4v) is 4.21. The van der Waals surface area contributed by atoms with E-state index in [-0.39, 0.29) is 16.7 Å². The van der Waals surface area contributed by atoms with Gasteiger partial charge in [-0.05, 0) is 48.8 Å². The van der Waals surface area contributed by atoms with Crippen molar-refractivity contribution in [3.63, 3.8) is 0 Å². The Hall–Kier alpha value is -2.33. The van der Waals surface area contributed by atoms with Crippen LogP contribution in [-0.2, 0) is 10.2 Å². The molecule has 0 aromatic heterocycles. The molecule has 0 atom stereocenters. The van der Waals surface area contributed by atoms with Crippen molar-refractivity contribution in [3.05, 3.63) is 65.7 Å². The fraction of sp³-hybridized carbons (Fsp3) is 0.500. The molecule has 0 unspecified atom stereocenters. The average Bonchev–Trinajstić information content (AvgIpc) is 2.77. The maximum absolute atomic E-state index is 12.9. The van der Waals surface area contributed by atoms with Crippen LogP contribution in [0.4, 0.5) is 0 Å². The third-order valence-electron chi connectivity index (χ3n) is 5.97. The minimum absolute atomic E-state index is 0.0689. The molecule has 0 aliphatic heterocycles. The normalized spacial score (nSPS) is 21.8. The molecule has 1 aliphatic rings. The van der Waals surface area contributed by atoms with Gasteiger partial charge in [-0.1, -0.05) is 63.2 Å². The van der Waals surface area contributed by atoms with Crippen LogP contribution in [0.1, 0.15) is 62.4 Å². The third-order valence-corrected chi connectivity index (χ3v) is 5.97. The van der Waals surface area contributed by atoms with Gasteiger partial charge < -0.3 is 14.8 Å². The maximum atomic E-state index is 12.9. The maximum Gasteiger partial charge on any atom is 0.255 e. The molecule has 1 aliphatic carbocycles. The van der Waals surface area contributed by atoms with E-state index < -0.39 is 0 Å². The predicted octanol–water partition coefficient (Wildman–Crippen LogP) is 5.37. The van der Waals surface area contributed by atoms with Crippen molar-refractivity contribution in [2.45, 2.75) is 58.0 Å². The molecule has 0 radical (unpaired) electrons. The van der Waals surface area contributed by atoms with Crippen LogP contribution in [0, 0.1) is 5.41 Å². The van der Waals surface area contributed by atoms with Crippen molar-refractivity contribution in [1.29, 1.82) is 0 Å². The average molecular weight is 410 g/mol. The Balaban J connectivity index is 1.71. The Kier molecular flexibility index (Phi) is 7.19. The van der Waals surface area contributed by atoms with Crippen molar-refractivity contribution < 1.29 is 14.3 Å². The van der Waals surface area contributed by atoms with Crippen LogP contribution in [0.2, 0.25) is 0 Å². The largest absolute Gasteiger partial charge is 0.496 e. The number of carbonyl (C=O) groups is 1. The van der Waals surface area contributed by atoms with E-state index in [4.69, 9.17) is 9.47 Å². The minimum atomic E-state index is -0.0890. The van der Waals surface area contributed by atoms with Crippen LogP contribution in [0.3, 0.4) is 0 Å². The molecular weight excluding hydrogens is 374 g/mol. The van der Waals surface area contributed by atoms with Crippen molar-refractivity contribution in [3.8, 4) is 5.75 Å². The number of ether oxygens (including phenoxy) is 2. The molecule has 1 N–H and O–H groups in total. The second-order valence-corrected chi connectivity index (χ2v) is 9.60. The molecule has 2 aromatic rings. The van der Waals surface area contributed by atoms with Crippen molar-refractivity contribution >= 4 is 5.91 Å². The van der Waals surface area contributed by atoms with Gasteiger partial charge in [0.25, 0.3) is 5.91 Å². The number of rotatable bonds is 7. The highest BCUT2D eigenvalue weighted by Crippen LogP contribution is 2.40. The van der Waals surface area contributed by atoms with Crippen LogP contribution in [0.5, 0.6) is 5.75 Å². The van der Waals surface area contributed by atoms with E-state index >= 15 is 0 Å². The summed E-state index contributed by atoms with van der Waals surface area (Å²) in [7, 11) is 1.59. The summed E-state index contributed by atoms with van der Waals surface area (Å²) in [5.41, 5.74) is 1.97. The first-order valence-corrected chi connectivity index (χ1v) is 10.9. The van der Waals surface area contributed by atoms with Gasteiger partial charge in [-0.25, -0.2) is 0 Å². The third kappa shape index (κ3) is 5.63. The van der Waals surface area contributed by atoms with E-state index in [0.717, 1.165) is 32.3 Å². The molecule has 0 saturated heterocycles. The monoisotopic (exact) mass is 409 g/mol. The topological polar surface area (TPSA) is 47.6 Å². The molecule has 2 aromatic carbocycles. The molecule has 162 valence electrons. The highest BCUT2D eigenvalue weighted by atomic mass is 16.5. The van der Waals surface area contributed by atoms with Gasteiger partial charge in [-0.3, -0.25) is 4.79 Å². The van der Waals surface area contributed by atoms with Crippen LogP contribution >= 0.6 is 0 Å². The summed E-state index contributed by atoms with van der Waals surface area (Å²) in [5.74, 6) is 0.511. The predicted molar refractivity (Wildman–Crippen MR) is 121 cm³/mol. The first-order chi connectivity index (χ1) is 14.3. The Morgan fingerprint density at radius 2 is 1.67 bits per heavy atom. The first kappa shape index (κ1) is 22.4. The summed E-state index contributed by atoms with van der Waals surface area (Å²) >= 11 is 0. The van der Waals surface area contributed by atoms with Crippen LogP contribution in [0.15, 0.2) is 54.6 Å². The van der Waals surface area contributed by atoms with Crippen molar-refractivity contribution in [2.75, 3.05) is 20.3 Å². The van der Waals surface area contributed by atoms with E-state index in [2.05, 4.69) is 50.4 Å². The van der Waals surface area contributed by atoms with E-state index in [9.17, 15) is 4.79 Å². The second kappa shape index (κ2) is 9.65. The summed E-state index contributed by atoms with van der Waals surface area (Å²) in [6.07, 6.45) is 4.31. The lowest BCUT2D eigenvalue weighted by Gasteiger charge is -2.41. The molecule has 1 amide bonds. The van der Waals surface area contributed by atoms with Gasteiger partial charge in [0.05, 0.1) is 25.4 Å². The summed E-state index contributed by atoms with van der Waals surface area (Å²) in [6, 6.07) is 17.9. The van der Waals surface area contributed by atoms with E-state index in [1.165, 1.54) is 5.56 Å². The molecule has 30 heavy (non-hydrogen) atoms. The number of amides is 1. The van der Waals surface area contributed by atoms with Gasteiger partial charge in [0, 0.05) is 12.0 Å². The lowest BCUT2D eigenvalue weighted by molar-refractivity contribution is -0.0210. The SMILES string of the molecule is COc1ccccc1C(=O)NCC1(c2ccccc2)CCC(OCC(C)(C)C)CC1. The molecule has 3 rings (SSSR count). The molecular formula is C26H35NO3. The highest BCUT2D eigenvalue weighted by Gasteiger charge is 2.38. The van der Waals surface area contributed by atoms with Crippen molar-refractivity contribution in [1.82, 2.24) is 5.32 Å². The van der Waals surface area contributed by atoms with Gasteiger partial charge in [-0.2, -0.15) is 0 Å². The lowest BCUT2D eigenvalue weighted by atomic mass is 9.68. The molecule has 4 heteroatoms. The summed E-state index contributed by atoms with van der Waals surface area (Å²) in [5, 5.41) is 3.19. The number of benzene rings is 2. The number of carbonyl (C=O) groups excluding carboxylic acids is 1. The Morgan fingerprint density at radius 3 is 2.30 bits per heavy atom. The summed E-state index contributed by atoms with van der Waals surface area (Å²) in [4.78, 5) is 12.9. The molecule has 4 nitrogen and oxygen atoms in total. The van der Waals surface area contributed by atoms with E-state index in [1.807, 2.05) is 24.3 Å². The standard InChI is InChI=1S/C26H35NO3/c1-25(2,3)19-30-21-14-16-26(17-15-21,20-10-6-5-7-11-20)18-27-24(28)22-12-8-9-13-23(22)29-4/h5-13,21H,14-19H2,1-4H3,(H,27,28). The molecule has 0 heterocycles. The van der Waals surface area contributed by atoms with Gasteiger partial charge in [0.1, 0.15) is 5.75 Å². The summed E-state index contributed by atoms with van der Waals surface area (Å²) in [6.45, 7) is 8.01. The van der Waals surface area contributed by atoms with Gasteiger partial charge in [0.15, 0.2) is 0 Å². The van der Waals surface area contributed by atoms with E-state index in [0.29, 0.717) is 24.0 Å². The smallest absolute Gasteiger partial charge is 0.255 e. The quantitative estimate of drug-likeness (QED) is 0.669. The highest BCUT2D eigenvalue weighted by molar-refractivity contribution is 5.96. The van der Waals surface area contributed by atoms with E-state index in [1.54, 1.807) is 13.2 Å². The number of para-hydroxylation sites is 1. The number of hydrogen-bond acceptors (Lipinski definition) is 3. The Morgan fingerprint density at radius 1 is 1.03 bits per heavy atom. The number of methoxy groups -OCH3 is 1. The van der Waals surface area contributed by atoms with Gasteiger partial charge in [0.2, 0.25) is 0 Å². The zero-order valence-corrected chi connectivity index (χ0v) is 18.7. The van der Waals surface area contributed by atoms with Crippen LogP contribution < -0.4 is 10.1 Å². The molecule has 0 bridgehead atoms. The Bertz CT molecular complexity index is 818. The Labute approximate surface area is 181 Å². The fourth-order valence-electron chi connectivity index (χ4n) is 4.21. The van der Waals surface area contributed by atoms with Gasteiger partial charge >= 0.3 is 0 Å². The summed E-state index contributed by atoms with van der Waals surface area (Å²) < 4.78 is 11.6. The molecule has 1 saturated carbocycles. The first-order valence-electron chi connectivity index (χ1n) is 10.9. The zero-order chi connectivity index (χ0) is 21.6. The van der Waals surface area contributed by atoms with Crippen LogP contribution in [0.25, 0.3) is 0 Å². The van der Waals surface area contributed by atoms with Crippen LogP contribution in [-0.4, -0.2) is 32.3 Å². The number of nitrogens with one attached hydrogen (secondary N) is 1. The molecule has 0 spiro atoms. The second-order valence-electron chi connectivity index (χ2n) is 9.60. The minimum Gasteiger partial charge on any atom is -0.496 e.